The van der Waals surface area contributed by atoms with Crippen molar-refractivity contribution < 1.29 is 4.74 Å². The van der Waals surface area contributed by atoms with Crippen LogP contribution in [0.2, 0.25) is 0 Å². The van der Waals surface area contributed by atoms with E-state index < -0.39 is 0 Å². The number of hydrogen-bond acceptors (Lipinski definition) is 3. The average Bonchev–Trinajstić information content (AvgIpc) is 2.65. The Morgan fingerprint density at radius 2 is 2.16 bits per heavy atom. The first-order chi connectivity index (χ1) is 9.31. The molecule has 0 atom stereocenters. The summed E-state index contributed by atoms with van der Waals surface area (Å²) in [5, 5.41) is 3.49. The minimum Gasteiger partial charge on any atom is -0.490 e. The number of benzene rings is 1. The summed E-state index contributed by atoms with van der Waals surface area (Å²) in [4.78, 5) is 2.51. The molecule has 0 radical (unpaired) electrons. The largest absolute Gasteiger partial charge is 0.490 e. The lowest BCUT2D eigenvalue weighted by molar-refractivity contribution is 0.306. The van der Waals surface area contributed by atoms with Gasteiger partial charge in [0.15, 0.2) is 0 Å². The van der Waals surface area contributed by atoms with Crippen LogP contribution in [0.3, 0.4) is 0 Å². The van der Waals surface area contributed by atoms with E-state index in [-0.39, 0.29) is 0 Å². The van der Waals surface area contributed by atoms with Gasteiger partial charge in [0.1, 0.15) is 12.4 Å². The molecule has 0 unspecified atom stereocenters. The van der Waals surface area contributed by atoms with Gasteiger partial charge in [-0.25, -0.2) is 0 Å². The van der Waals surface area contributed by atoms with Crippen molar-refractivity contribution in [1.29, 1.82) is 0 Å². The first-order valence-corrected chi connectivity index (χ1v) is 7.55. The van der Waals surface area contributed by atoms with Crippen LogP contribution in [0.4, 0.5) is 5.69 Å². The van der Waals surface area contributed by atoms with Gasteiger partial charge in [0.05, 0.1) is 12.2 Å². The van der Waals surface area contributed by atoms with Gasteiger partial charge in [-0.3, -0.25) is 0 Å². The summed E-state index contributed by atoms with van der Waals surface area (Å²) in [5.41, 5.74) is 5.84. The van der Waals surface area contributed by atoms with E-state index in [4.69, 9.17) is 4.74 Å². The second kappa shape index (κ2) is 5.41. The molecule has 0 aliphatic carbocycles. The lowest BCUT2D eigenvalue weighted by Gasteiger charge is -2.34. The van der Waals surface area contributed by atoms with Gasteiger partial charge in [0.2, 0.25) is 0 Å². The summed E-state index contributed by atoms with van der Waals surface area (Å²) in [5.74, 6) is 1.11. The summed E-state index contributed by atoms with van der Waals surface area (Å²) in [7, 11) is 0. The molecule has 0 saturated carbocycles. The summed E-state index contributed by atoms with van der Waals surface area (Å²) in [6.07, 6.45) is 3.46. The van der Waals surface area contributed by atoms with Crippen LogP contribution in [0.1, 0.15) is 30.0 Å². The third-order valence-corrected chi connectivity index (χ3v) is 4.29. The Hall–Kier alpha value is -1.22. The maximum Gasteiger partial charge on any atom is 0.143 e. The van der Waals surface area contributed by atoms with E-state index in [0.717, 1.165) is 51.4 Å². The maximum absolute atomic E-state index is 5.93. The smallest absolute Gasteiger partial charge is 0.143 e. The highest BCUT2D eigenvalue weighted by molar-refractivity contribution is 5.69. The molecule has 3 nitrogen and oxygen atoms in total. The molecule has 0 bridgehead atoms. The maximum atomic E-state index is 5.93. The van der Waals surface area contributed by atoms with Crippen LogP contribution in [-0.2, 0) is 12.8 Å². The third kappa shape index (κ3) is 2.32. The topological polar surface area (TPSA) is 24.5 Å². The highest BCUT2D eigenvalue weighted by atomic mass is 16.5. The molecule has 1 aromatic rings. The minimum absolute atomic E-state index is 0.823. The zero-order valence-electron chi connectivity index (χ0n) is 12.1. The predicted molar refractivity (Wildman–Crippen MR) is 79.5 cm³/mol. The van der Waals surface area contributed by atoms with Gasteiger partial charge in [-0.15, -0.1) is 0 Å². The monoisotopic (exact) mass is 260 g/mol. The number of hydrogen-bond donors (Lipinski definition) is 1. The van der Waals surface area contributed by atoms with Gasteiger partial charge in [-0.05, 0) is 62.0 Å². The molecule has 2 aliphatic heterocycles. The van der Waals surface area contributed by atoms with Crippen molar-refractivity contribution in [3.63, 3.8) is 0 Å². The van der Waals surface area contributed by atoms with Crippen molar-refractivity contribution in [3.8, 4) is 5.75 Å². The molecule has 0 saturated heterocycles. The lowest BCUT2D eigenvalue weighted by Crippen LogP contribution is -2.34. The fourth-order valence-electron chi connectivity index (χ4n) is 3.39. The van der Waals surface area contributed by atoms with E-state index in [1.165, 1.54) is 23.2 Å². The molecule has 0 aromatic heterocycles. The molecule has 2 heterocycles. The van der Waals surface area contributed by atoms with Crippen molar-refractivity contribution in [3.05, 3.63) is 22.8 Å². The van der Waals surface area contributed by atoms with Crippen molar-refractivity contribution in [2.24, 2.45) is 0 Å². The lowest BCUT2D eigenvalue weighted by atomic mass is 9.94. The van der Waals surface area contributed by atoms with E-state index in [0.29, 0.717) is 0 Å². The van der Waals surface area contributed by atoms with E-state index in [1.807, 2.05) is 0 Å². The third-order valence-electron chi connectivity index (χ3n) is 4.29. The fourth-order valence-corrected chi connectivity index (χ4v) is 3.39. The Kier molecular flexibility index (Phi) is 3.65. The van der Waals surface area contributed by atoms with Gasteiger partial charge in [0.25, 0.3) is 0 Å². The van der Waals surface area contributed by atoms with Crippen molar-refractivity contribution in [2.75, 3.05) is 37.7 Å². The Balaban J connectivity index is 2.07. The second-order valence-electron chi connectivity index (χ2n) is 5.57. The van der Waals surface area contributed by atoms with Gasteiger partial charge in [0, 0.05) is 6.54 Å². The number of nitrogens with zero attached hydrogens (tertiary/aromatic N) is 1. The SMILES string of the molecule is CCCN1CCOc2cc3c(c(C)c21)CCNCC3. The fraction of sp³-hybridized carbons (Fsp3) is 0.625. The van der Waals surface area contributed by atoms with Gasteiger partial charge in [-0.2, -0.15) is 0 Å². The minimum atomic E-state index is 0.823. The molecule has 0 amide bonds. The van der Waals surface area contributed by atoms with Crippen molar-refractivity contribution >= 4 is 5.69 Å². The van der Waals surface area contributed by atoms with E-state index >= 15 is 0 Å². The standard InChI is InChI=1S/C16H24N2O/c1-3-8-18-9-10-19-15-11-13-4-6-17-7-5-14(13)12(2)16(15)18/h11,17H,3-10H2,1-2H3. The molecular weight excluding hydrogens is 236 g/mol. The molecule has 19 heavy (non-hydrogen) atoms. The quantitative estimate of drug-likeness (QED) is 0.883. The normalized spacial score (nSPS) is 18.3. The molecule has 0 fully saturated rings. The summed E-state index contributed by atoms with van der Waals surface area (Å²) in [6, 6.07) is 2.30. The van der Waals surface area contributed by atoms with E-state index in [2.05, 4.69) is 30.1 Å². The number of ether oxygens (including phenoxy) is 1. The van der Waals surface area contributed by atoms with Gasteiger partial charge >= 0.3 is 0 Å². The molecule has 2 aliphatic rings. The molecule has 104 valence electrons. The van der Waals surface area contributed by atoms with Crippen LogP contribution in [0.15, 0.2) is 6.07 Å². The molecule has 1 N–H and O–H groups in total. The van der Waals surface area contributed by atoms with Gasteiger partial charge < -0.3 is 15.0 Å². The highest BCUT2D eigenvalue weighted by Crippen LogP contribution is 2.39. The Morgan fingerprint density at radius 3 is 3.00 bits per heavy atom. The Morgan fingerprint density at radius 1 is 1.32 bits per heavy atom. The molecular formula is C16H24N2O. The van der Waals surface area contributed by atoms with Crippen LogP contribution in [0.25, 0.3) is 0 Å². The Bertz CT molecular complexity index is 470. The van der Waals surface area contributed by atoms with Crippen LogP contribution < -0.4 is 15.0 Å². The van der Waals surface area contributed by atoms with Gasteiger partial charge in [-0.1, -0.05) is 6.92 Å². The number of rotatable bonds is 2. The van der Waals surface area contributed by atoms with E-state index in [1.54, 1.807) is 5.56 Å². The molecule has 1 aromatic carbocycles. The highest BCUT2D eigenvalue weighted by Gasteiger charge is 2.24. The number of nitrogens with one attached hydrogen (secondary N) is 1. The summed E-state index contributed by atoms with van der Waals surface area (Å²) < 4.78 is 5.93. The number of anilines is 1. The van der Waals surface area contributed by atoms with Crippen molar-refractivity contribution in [2.45, 2.75) is 33.1 Å². The van der Waals surface area contributed by atoms with Crippen LogP contribution in [0, 0.1) is 6.92 Å². The summed E-state index contributed by atoms with van der Waals surface area (Å²) in [6.45, 7) is 9.69. The second-order valence-corrected chi connectivity index (χ2v) is 5.57. The zero-order valence-corrected chi connectivity index (χ0v) is 12.1. The van der Waals surface area contributed by atoms with Crippen LogP contribution in [0.5, 0.6) is 5.75 Å². The van der Waals surface area contributed by atoms with E-state index in [9.17, 15) is 0 Å². The first-order valence-electron chi connectivity index (χ1n) is 7.55. The molecule has 3 rings (SSSR count). The van der Waals surface area contributed by atoms with Crippen molar-refractivity contribution in [1.82, 2.24) is 5.32 Å². The number of fused-ring (bicyclic) bond motifs is 2. The average molecular weight is 260 g/mol. The zero-order chi connectivity index (χ0) is 13.2. The predicted octanol–water partition coefficient (Wildman–Crippen LogP) is 2.29. The summed E-state index contributed by atoms with van der Waals surface area (Å²) >= 11 is 0. The Labute approximate surface area is 115 Å². The first kappa shape index (κ1) is 12.8. The molecule has 3 heteroatoms. The van der Waals surface area contributed by atoms with Crippen LogP contribution in [-0.4, -0.2) is 32.8 Å². The molecule has 0 spiro atoms. The van der Waals surface area contributed by atoms with Crippen LogP contribution >= 0.6 is 0 Å².